The number of rotatable bonds is 2. The molecule has 0 aromatic heterocycles. The van der Waals surface area contributed by atoms with Crippen molar-refractivity contribution >= 4 is 23.3 Å². The predicted molar refractivity (Wildman–Crippen MR) is 91.3 cm³/mol. The summed E-state index contributed by atoms with van der Waals surface area (Å²) in [6.45, 7) is 1.55. The molecule has 2 aliphatic rings. The second-order valence-electron chi connectivity index (χ2n) is 5.45. The number of ether oxygens (including phenoxy) is 1. The van der Waals surface area contributed by atoms with Gasteiger partial charge in [0.05, 0.1) is 30.7 Å². The zero-order valence-electron chi connectivity index (χ0n) is 12.8. The maximum atomic E-state index is 10.8. The van der Waals surface area contributed by atoms with Crippen molar-refractivity contribution < 1.29 is 9.94 Å². The molecular formula is C18H17N3O2. The SMILES string of the molecule is COc1ccc(C2=C3C=NCCN3c3ccccc3N2O)cc1. The average molecular weight is 307 g/mol. The van der Waals surface area contributed by atoms with Gasteiger partial charge < -0.3 is 9.64 Å². The van der Waals surface area contributed by atoms with Gasteiger partial charge in [0.2, 0.25) is 0 Å². The maximum Gasteiger partial charge on any atom is 0.118 e. The van der Waals surface area contributed by atoms with E-state index >= 15 is 0 Å². The molecule has 23 heavy (non-hydrogen) atoms. The number of hydrogen-bond acceptors (Lipinski definition) is 5. The van der Waals surface area contributed by atoms with Crippen LogP contribution in [0.1, 0.15) is 5.56 Å². The van der Waals surface area contributed by atoms with E-state index in [2.05, 4.69) is 9.89 Å². The normalized spacial score (nSPS) is 16.3. The minimum Gasteiger partial charge on any atom is -0.497 e. The molecule has 1 N–H and O–H groups in total. The zero-order chi connectivity index (χ0) is 15.8. The second-order valence-corrected chi connectivity index (χ2v) is 5.45. The van der Waals surface area contributed by atoms with Gasteiger partial charge in [-0.05, 0) is 36.4 Å². The Balaban J connectivity index is 1.90. The maximum absolute atomic E-state index is 10.8. The van der Waals surface area contributed by atoms with Crippen molar-refractivity contribution in [2.75, 3.05) is 30.2 Å². The van der Waals surface area contributed by atoms with Gasteiger partial charge in [-0.2, -0.15) is 0 Å². The number of anilines is 2. The highest BCUT2D eigenvalue weighted by Crippen LogP contribution is 2.42. The molecule has 0 radical (unpaired) electrons. The van der Waals surface area contributed by atoms with Crippen LogP contribution in [0, 0.1) is 0 Å². The number of nitrogens with zero attached hydrogens (tertiary/aromatic N) is 3. The zero-order valence-corrected chi connectivity index (χ0v) is 12.8. The summed E-state index contributed by atoms with van der Waals surface area (Å²) in [4.78, 5) is 6.59. The second kappa shape index (κ2) is 5.44. The van der Waals surface area contributed by atoms with Crippen LogP contribution in [0.25, 0.3) is 5.70 Å². The van der Waals surface area contributed by atoms with Gasteiger partial charge >= 0.3 is 0 Å². The molecule has 0 unspecified atom stereocenters. The number of hydrogen-bond donors (Lipinski definition) is 1. The predicted octanol–water partition coefficient (Wildman–Crippen LogP) is 3.16. The first-order valence-corrected chi connectivity index (χ1v) is 7.53. The molecule has 5 heteroatoms. The fraction of sp³-hybridized carbons (Fsp3) is 0.167. The molecule has 0 fully saturated rings. The van der Waals surface area contributed by atoms with Crippen LogP contribution in [0.4, 0.5) is 11.4 Å². The molecule has 0 bridgehead atoms. The van der Waals surface area contributed by atoms with E-state index in [9.17, 15) is 5.21 Å². The summed E-state index contributed by atoms with van der Waals surface area (Å²) in [5.74, 6) is 0.786. The first-order valence-electron chi connectivity index (χ1n) is 7.53. The van der Waals surface area contributed by atoms with Gasteiger partial charge in [0.1, 0.15) is 11.4 Å². The van der Waals surface area contributed by atoms with Crippen LogP contribution in [0.2, 0.25) is 0 Å². The highest BCUT2D eigenvalue weighted by Gasteiger charge is 2.31. The largest absolute Gasteiger partial charge is 0.497 e. The Labute approximate surface area is 134 Å². The minimum atomic E-state index is 0.731. The number of aliphatic imine (C=N–C) groups is 1. The van der Waals surface area contributed by atoms with Crippen LogP contribution < -0.4 is 14.7 Å². The van der Waals surface area contributed by atoms with E-state index in [0.717, 1.165) is 47.2 Å². The standard InChI is InChI=1S/C18H17N3O2/c1-23-14-8-6-13(7-9-14)18-17-12-19-10-11-20(17)15-4-2-3-5-16(15)21(18)22/h2-9,12,22H,10-11H2,1H3. The van der Waals surface area contributed by atoms with Gasteiger partial charge in [-0.25, -0.2) is 5.06 Å². The smallest absolute Gasteiger partial charge is 0.118 e. The van der Waals surface area contributed by atoms with Gasteiger partial charge in [0.25, 0.3) is 0 Å². The van der Waals surface area contributed by atoms with Gasteiger partial charge in [-0.3, -0.25) is 10.2 Å². The molecule has 0 atom stereocenters. The van der Waals surface area contributed by atoms with Gasteiger partial charge in [0, 0.05) is 18.3 Å². The number of methoxy groups -OCH3 is 1. The molecule has 2 aromatic carbocycles. The lowest BCUT2D eigenvalue weighted by Crippen LogP contribution is -2.38. The molecule has 0 spiro atoms. The third-order valence-electron chi connectivity index (χ3n) is 4.18. The molecule has 0 saturated heterocycles. The number of allylic oxidation sites excluding steroid dienone is 1. The Hall–Kier alpha value is -2.79. The van der Waals surface area contributed by atoms with Crippen molar-refractivity contribution in [3.05, 3.63) is 59.8 Å². The Morgan fingerprint density at radius 1 is 1.04 bits per heavy atom. The average Bonchev–Trinajstić information content (AvgIpc) is 2.63. The molecule has 0 aliphatic carbocycles. The lowest BCUT2D eigenvalue weighted by molar-refractivity contribution is 0.302. The summed E-state index contributed by atoms with van der Waals surface area (Å²) in [5, 5.41) is 12.0. The van der Waals surface area contributed by atoms with E-state index < -0.39 is 0 Å². The molecular weight excluding hydrogens is 290 g/mol. The van der Waals surface area contributed by atoms with Crippen LogP contribution in [0.15, 0.2) is 59.2 Å². The number of hydroxylamine groups is 1. The third-order valence-corrected chi connectivity index (χ3v) is 4.18. The van der Waals surface area contributed by atoms with E-state index in [4.69, 9.17) is 4.74 Å². The highest BCUT2D eigenvalue weighted by molar-refractivity contribution is 6.04. The number of benzene rings is 2. The summed E-state index contributed by atoms with van der Waals surface area (Å²) in [6, 6.07) is 15.5. The van der Waals surface area contributed by atoms with Crippen LogP contribution in [-0.2, 0) is 0 Å². The van der Waals surface area contributed by atoms with E-state index in [1.165, 1.54) is 5.06 Å². The van der Waals surface area contributed by atoms with Gasteiger partial charge in [-0.1, -0.05) is 12.1 Å². The van der Waals surface area contributed by atoms with E-state index in [1.54, 1.807) is 7.11 Å². The highest BCUT2D eigenvalue weighted by atomic mass is 16.5. The molecule has 4 rings (SSSR count). The topological polar surface area (TPSA) is 48.3 Å². The van der Waals surface area contributed by atoms with Gasteiger partial charge in [-0.15, -0.1) is 0 Å². The summed E-state index contributed by atoms with van der Waals surface area (Å²) < 4.78 is 5.22. The minimum absolute atomic E-state index is 0.731. The van der Waals surface area contributed by atoms with Crippen LogP contribution in [-0.4, -0.2) is 31.6 Å². The summed E-state index contributed by atoms with van der Waals surface area (Å²) >= 11 is 0. The third kappa shape index (κ3) is 2.17. The number of fused-ring (bicyclic) bond motifs is 3. The summed E-state index contributed by atoms with van der Waals surface area (Å²) in [7, 11) is 1.64. The molecule has 0 saturated carbocycles. The molecule has 0 amide bonds. The summed E-state index contributed by atoms with van der Waals surface area (Å²) in [6.07, 6.45) is 1.84. The van der Waals surface area contributed by atoms with E-state index in [0.29, 0.717) is 0 Å². The van der Waals surface area contributed by atoms with Crippen molar-refractivity contribution in [2.45, 2.75) is 0 Å². The van der Waals surface area contributed by atoms with E-state index in [1.807, 2.05) is 54.7 Å². The van der Waals surface area contributed by atoms with Crippen molar-refractivity contribution in [3.63, 3.8) is 0 Å². The Morgan fingerprint density at radius 3 is 2.52 bits per heavy atom. The Bertz CT molecular complexity index is 796. The lowest BCUT2D eigenvalue weighted by Gasteiger charge is -2.39. The molecule has 2 heterocycles. The van der Waals surface area contributed by atoms with Gasteiger partial charge in [0.15, 0.2) is 0 Å². The first kappa shape index (κ1) is 13.8. The van der Waals surface area contributed by atoms with Crippen molar-refractivity contribution in [2.24, 2.45) is 4.99 Å². The summed E-state index contributed by atoms with van der Waals surface area (Å²) in [5.41, 5.74) is 4.32. The molecule has 5 nitrogen and oxygen atoms in total. The van der Waals surface area contributed by atoms with Crippen molar-refractivity contribution in [1.29, 1.82) is 0 Å². The quantitative estimate of drug-likeness (QED) is 0.926. The fourth-order valence-corrected chi connectivity index (χ4v) is 3.06. The molecule has 116 valence electrons. The number of para-hydroxylation sites is 2. The lowest BCUT2D eigenvalue weighted by atomic mass is 10.0. The van der Waals surface area contributed by atoms with Crippen LogP contribution >= 0.6 is 0 Å². The monoisotopic (exact) mass is 307 g/mol. The molecule has 2 aliphatic heterocycles. The first-order chi connectivity index (χ1) is 11.3. The fourth-order valence-electron chi connectivity index (χ4n) is 3.06. The van der Waals surface area contributed by atoms with Crippen LogP contribution in [0.3, 0.4) is 0 Å². The van der Waals surface area contributed by atoms with Crippen LogP contribution in [0.5, 0.6) is 5.75 Å². The van der Waals surface area contributed by atoms with Crippen molar-refractivity contribution in [3.8, 4) is 5.75 Å². The Morgan fingerprint density at radius 2 is 1.78 bits per heavy atom. The Kier molecular flexibility index (Phi) is 3.28. The van der Waals surface area contributed by atoms with Crippen molar-refractivity contribution in [1.82, 2.24) is 0 Å². The van der Waals surface area contributed by atoms with E-state index in [-0.39, 0.29) is 0 Å². The molecule has 2 aromatic rings.